The zero-order valence-electron chi connectivity index (χ0n) is 20.6. The lowest BCUT2D eigenvalue weighted by Gasteiger charge is -2.17. The molecule has 0 radical (unpaired) electrons. The Morgan fingerprint density at radius 2 is 1.34 bits per heavy atom. The van der Waals surface area contributed by atoms with Gasteiger partial charge in [-0.3, -0.25) is 19.2 Å². The zero-order chi connectivity index (χ0) is 24.2. The van der Waals surface area contributed by atoms with Crippen molar-refractivity contribution >= 4 is 23.6 Å². The normalized spacial score (nSPS) is 12.7. The molecule has 0 aliphatic carbocycles. The van der Waals surface area contributed by atoms with Crippen LogP contribution in [0.1, 0.15) is 117 Å². The second-order valence-corrected chi connectivity index (χ2v) is 8.86. The number of carbonyl (C=O) groups excluding carboxylic acids is 4. The molecule has 0 spiro atoms. The second kappa shape index (κ2) is 19.7. The predicted molar refractivity (Wildman–Crippen MR) is 127 cm³/mol. The summed E-state index contributed by atoms with van der Waals surface area (Å²) in [7, 11) is 1.33. The van der Waals surface area contributed by atoms with Gasteiger partial charge in [0.1, 0.15) is 0 Å². The molecule has 0 aliphatic heterocycles. The maximum atomic E-state index is 12.5. The van der Waals surface area contributed by atoms with Crippen LogP contribution in [0.25, 0.3) is 0 Å². The van der Waals surface area contributed by atoms with Gasteiger partial charge in [0.2, 0.25) is 11.8 Å². The van der Waals surface area contributed by atoms with Gasteiger partial charge in [-0.1, -0.05) is 78.1 Å². The summed E-state index contributed by atoms with van der Waals surface area (Å²) in [5, 5.41) is 2.67. The molecule has 0 aromatic heterocycles. The number of ether oxygens (including phenoxy) is 1. The first-order valence-corrected chi connectivity index (χ1v) is 12.5. The minimum atomic E-state index is -0.888. The number of Topliss-reactive ketones (excluding diaryl/α,β-unsaturated/α-hetero) is 1. The molecule has 0 bridgehead atoms. The lowest BCUT2D eigenvalue weighted by Crippen LogP contribution is -2.43. The smallest absolute Gasteiger partial charge is 0.308 e. The average molecular weight is 455 g/mol. The Balaban J connectivity index is 4.06. The van der Waals surface area contributed by atoms with Crippen LogP contribution in [-0.4, -0.2) is 36.7 Å². The van der Waals surface area contributed by atoms with Crippen molar-refractivity contribution in [2.45, 2.75) is 123 Å². The quantitative estimate of drug-likeness (QED) is 0.194. The van der Waals surface area contributed by atoms with Gasteiger partial charge in [0.25, 0.3) is 0 Å². The van der Waals surface area contributed by atoms with E-state index in [9.17, 15) is 19.2 Å². The molecule has 0 saturated heterocycles. The highest BCUT2D eigenvalue weighted by Gasteiger charge is 2.23. The molecule has 0 unspecified atom stereocenters. The molecule has 7 heteroatoms. The lowest BCUT2D eigenvalue weighted by atomic mass is 9.98. The summed E-state index contributed by atoms with van der Waals surface area (Å²) in [4.78, 5) is 47.4. The Labute approximate surface area is 194 Å². The molecule has 2 atom stereocenters. The Bertz CT molecular complexity index is 550. The fourth-order valence-corrected chi connectivity index (χ4v) is 3.74. The number of esters is 1. The average Bonchev–Trinajstić information content (AvgIpc) is 2.75. The fourth-order valence-electron chi connectivity index (χ4n) is 3.74. The first kappa shape index (κ1) is 30.1. The van der Waals surface area contributed by atoms with Crippen LogP contribution >= 0.6 is 0 Å². The number of nitrogens with two attached hydrogens (primary N) is 1. The number of ketones is 1. The molecular formula is C25H46N2O5. The maximum absolute atomic E-state index is 12.5. The molecule has 0 aromatic carbocycles. The van der Waals surface area contributed by atoms with Gasteiger partial charge >= 0.3 is 5.97 Å². The van der Waals surface area contributed by atoms with Crippen LogP contribution in [0.2, 0.25) is 0 Å². The molecule has 0 fully saturated rings. The van der Waals surface area contributed by atoms with E-state index in [4.69, 9.17) is 5.73 Å². The number of hydrogen-bond donors (Lipinski definition) is 2. The largest absolute Gasteiger partial charge is 0.469 e. The van der Waals surface area contributed by atoms with Gasteiger partial charge in [-0.15, -0.1) is 0 Å². The summed E-state index contributed by atoms with van der Waals surface area (Å²) < 4.78 is 4.67. The Morgan fingerprint density at radius 1 is 0.812 bits per heavy atom. The van der Waals surface area contributed by atoms with Gasteiger partial charge in [0.15, 0.2) is 5.78 Å². The summed E-state index contributed by atoms with van der Waals surface area (Å²) >= 11 is 0. The Kier molecular flexibility index (Phi) is 18.6. The van der Waals surface area contributed by atoms with Crippen LogP contribution in [0, 0.1) is 5.92 Å². The summed E-state index contributed by atoms with van der Waals surface area (Å²) in [6.07, 6.45) is 14.6. The van der Waals surface area contributed by atoms with Gasteiger partial charge in [0.05, 0.1) is 25.5 Å². The van der Waals surface area contributed by atoms with Crippen LogP contribution in [-0.2, 0) is 23.9 Å². The highest BCUT2D eigenvalue weighted by Crippen LogP contribution is 2.13. The van der Waals surface area contributed by atoms with Crippen LogP contribution in [0.15, 0.2) is 0 Å². The van der Waals surface area contributed by atoms with E-state index in [0.29, 0.717) is 19.3 Å². The van der Waals surface area contributed by atoms with Crippen LogP contribution in [0.5, 0.6) is 0 Å². The van der Waals surface area contributed by atoms with Gasteiger partial charge in [0, 0.05) is 12.8 Å². The SMILES string of the molecule is CCCCCCCCCCCCCC(=O)N[C@H](CC(N)=O)C(=O)CCC[C@H](C)C(=O)OC. The first-order valence-electron chi connectivity index (χ1n) is 12.5. The number of nitrogens with one attached hydrogen (secondary N) is 1. The molecule has 0 saturated carbocycles. The third-order valence-electron chi connectivity index (χ3n) is 5.80. The van der Waals surface area contributed by atoms with Crippen LogP contribution in [0.3, 0.4) is 0 Å². The standard InChI is InChI=1S/C25H46N2O5/c1-4-5-6-7-8-9-10-11-12-13-14-18-24(30)27-21(19-23(26)29)22(28)17-15-16-20(2)25(31)32-3/h20-21H,4-19H2,1-3H3,(H2,26,29)(H,27,30)/t20-,21+/m0/s1. The summed E-state index contributed by atoms with van der Waals surface area (Å²) in [6.45, 7) is 3.97. The molecule has 32 heavy (non-hydrogen) atoms. The second-order valence-electron chi connectivity index (χ2n) is 8.86. The maximum Gasteiger partial charge on any atom is 0.308 e. The number of hydrogen-bond acceptors (Lipinski definition) is 5. The van der Waals surface area contributed by atoms with Crippen molar-refractivity contribution in [1.29, 1.82) is 0 Å². The van der Waals surface area contributed by atoms with Crippen molar-refractivity contribution in [3.63, 3.8) is 0 Å². The van der Waals surface area contributed by atoms with Crippen molar-refractivity contribution in [2.75, 3.05) is 7.11 Å². The zero-order valence-corrected chi connectivity index (χ0v) is 20.6. The van der Waals surface area contributed by atoms with E-state index in [1.165, 1.54) is 58.5 Å². The van der Waals surface area contributed by atoms with E-state index in [1.54, 1.807) is 6.92 Å². The van der Waals surface area contributed by atoms with Gasteiger partial charge in [-0.05, 0) is 19.3 Å². The van der Waals surface area contributed by atoms with Crippen molar-refractivity contribution in [1.82, 2.24) is 5.32 Å². The monoisotopic (exact) mass is 454 g/mol. The van der Waals surface area contributed by atoms with Crippen molar-refractivity contribution in [3.05, 3.63) is 0 Å². The number of methoxy groups -OCH3 is 1. The summed E-state index contributed by atoms with van der Waals surface area (Å²) in [5.41, 5.74) is 5.25. The fraction of sp³-hybridized carbons (Fsp3) is 0.840. The Morgan fingerprint density at radius 3 is 1.84 bits per heavy atom. The molecule has 0 aliphatic rings. The van der Waals surface area contributed by atoms with Gasteiger partial charge < -0.3 is 15.8 Å². The Hall–Kier alpha value is -1.92. The van der Waals surface area contributed by atoms with Gasteiger partial charge in [-0.2, -0.15) is 0 Å². The first-order chi connectivity index (χ1) is 15.3. The number of rotatable bonds is 21. The van der Waals surface area contributed by atoms with Crippen LogP contribution < -0.4 is 11.1 Å². The third kappa shape index (κ3) is 16.7. The lowest BCUT2D eigenvalue weighted by molar-refractivity contribution is -0.145. The van der Waals surface area contributed by atoms with Gasteiger partial charge in [-0.25, -0.2) is 0 Å². The van der Waals surface area contributed by atoms with Crippen molar-refractivity contribution in [2.24, 2.45) is 11.7 Å². The van der Waals surface area contributed by atoms with E-state index < -0.39 is 11.9 Å². The highest BCUT2D eigenvalue weighted by atomic mass is 16.5. The van der Waals surface area contributed by atoms with E-state index in [0.717, 1.165) is 19.3 Å². The van der Waals surface area contributed by atoms with Crippen molar-refractivity contribution < 1.29 is 23.9 Å². The molecule has 0 aromatic rings. The minimum absolute atomic E-state index is 0.179. The number of primary amides is 1. The number of amides is 2. The molecular weight excluding hydrogens is 408 g/mol. The molecule has 0 heterocycles. The molecule has 7 nitrogen and oxygen atoms in total. The third-order valence-corrected chi connectivity index (χ3v) is 5.80. The van der Waals surface area contributed by atoms with E-state index in [2.05, 4.69) is 17.0 Å². The molecule has 3 N–H and O–H groups in total. The summed E-state index contributed by atoms with van der Waals surface area (Å²) in [5.74, 6) is -1.68. The number of carbonyl (C=O) groups is 4. The topological polar surface area (TPSA) is 116 Å². The molecule has 0 rings (SSSR count). The van der Waals surface area contributed by atoms with Crippen LogP contribution in [0.4, 0.5) is 0 Å². The highest BCUT2D eigenvalue weighted by molar-refractivity contribution is 5.92. The minimum Gasteiger partial charge on any atom is -0.469 e. The number of unbranched alkanes of at least 4 members (excludes halogenated alkanes) is 10. The molecule has 186 valence electrons. The predicted octanol–water partition coefficient (Wildman–Crippen LogP) is 4.60. The summed E-state index contributed by atoms with van der Waals surface area (Å²) in [6, 6.07) is -0.888. The van der Waals surface area contributed by atoms with E-state index >= 15 is 0 Å². The molecule has 2 amide bonds. The van der Waals surface area contributed by atoms with Crippen molar-refractivity contribution in [3.8, 4) is 0 Å². The van der Waals surface area contributed by atoms with E-state index in [-0.39, 0.29) is 36.4 Å². The van der Waals surface area contributed by atoms with E-state index in [1.807, 2.05) is 0 Å².